The highest BCUT2D eigenvalue weighted by Gasteiger charge is 2.20. The maximum atomic E-state index is 12.5. The highest BCUT2D eigenvalue weighted by atomic mass is 16.5. The van der Waals surface area contributed by atoms with Gasteiger partial charge in [-0.25, -0.2) is 0 Å². The van der Waals surface area contributed by atoms with Crippen LogP contribution in [-0.4, -0.2) is 47.4 Å². The van der Waals surface area contributed by atoms with Crippen LogP contribution in [0.25, 0.3) is 0 Å². The van der Waals surface area contributed by atoms with Gasteiger partial charge in [-0.15, -0.1) is 0 Å². The Morgan fingerprint density at radius 2 is 0.595 bits per heavy atom. The fourth-order valence-electron chi connectivity index (χ4n) is 11.8. The molecular weight excluding hydrogens is 971 g/mol. The molecule has 0 aromatic heterocycles. The second kappa shape index (κ2) is 69.1. The summed E-state index contributed by atoms with van der Waals surface area (Å²) in [5, 5.41) is 23.4. The van der Waals surface area contributed by atoms with Crippen molar-refractivity contribution in [3.8, 4) is 0 Å². The lowest BCUT2D eigenvalue weighted by Gasteiger charge is -2.22. The van der Waals surface area contributed by atoms with Gasteiger partial charge in [-0.3, -0.25) is 9.59 Å². The highest BCUT2D eigenvalue weighted by molar-refractivity contribution is 5.76. The summed E-state index contributed by atoms with van der Waals surface area (Å²) in [5.74, 6) is -0.0108. The molecule has 3 N–H and O–H groups in total. The second-order valence-electron chi connectivity index (χ2n) is 25.3. The van der Waals surface area contributed by atoms with E-state index in [-0.39, 0.29) is 18.5 Å². The molecule has 0 saturated heterocycles. The van der Waals surface area contributed by atoms with Crippen LogP contribution in [0.3, 0.4) is 0 Å². The van der Waals surface area contributed by atoms with Gasteiger partial charge < -0.3 is 20.3 Å². The number of aliphatic hydroxyl groups excluding tert-OH is 2. The Labute approximate surface area is 495 Å². The number of unbranched alkanes of at least 4 members (excludes halogenated alkanes) is 56. The number of allylic oxidation sites excluding steroid dienone is 2. The molecule has 470 valence electrons. The third-order valence-electron chi connectivity index (χ3n) is 17.3. The molecule has 0 rings (SSSR count). The molecule has 6 heteroatoms. The quantitative estimate of drug-likeness (QED) is 0.0320. The SMILES string of the molecule is CCCCCCCCCCCCCCCCCCCCCCC(O)C(CO)NC(=O)CCCCCCCCCCCCCC/C=C\CCCCCCCCCCCCCCOC(=O)CCCCCCCCCCCCCCCC. The summed E-state index contributed by atoms with van der Waals surface area (Å²) in [7, 11) is 0. The van der Waals surface area contributed by atoms with Crippen LogP contribution in [0, 0.1) is 0 Å². The van der Waals surface area contributed by atoms with Crippen LogP contribution < -0.4 is 5.32 Å². The molecule has 2 unspecified atom stereocenters. The predicted molar refractivity (Wildman–Crippen MR) is 347 cm³/mol. The van der Waals surface area contributed by atoms with Crippen LogP contribution in [0.15, 0.2) is 12.2 Å². The lowest BCUT2D eigenvalue weighted by atomic mass is 10.0. The van der Waals surface area contributed by atoms with Crippen molar-refractivity contribution in [2.24, 2.45) is 0 Å². The molecule has 79 heavy (non-hydrogen) atoms. The lowest BCUT2D eigenvalue weighted by Crippen LogP contribution is -2.45. The molecule has 0 aliphatic rings. The first-order valence-electron chi connectivity index (χ1n) is 36.4. The zero-order valence-electron chi connectivity index (χ0n) is 53.9. The summed E-state index contributed by atoms with van der Waals surface area (Å²) in [6.07, 6.45) is 85.5. The van der Waals surface area contributed by atoms with Gasteiger partial charge in [0.05, 0.1) is 25.4 Å². The van der Waals surface area contributed by atoms with E-state index in [4.69, 9.17) is 4.74 Å². The summed E-state index contributed by atoms with van der Waals surface area (Å²) < 4.78 is 5.49. The van der Waals surface area contributed by atoms with E-state index in [1.165, 1.54) is 347 Å². The molecule has 0 spiro atoms. The van der Waals surface area contributed by atoms with E-state index in [0.717, 1.165) is 38.5 Å². The molecule has 0 fully saturated rings. The largest absolute Gasteiger partial charge is 0.466 e. The summed E-state index contributed by atoms with van der Waals surface area (Å²) in [4.78, 5) is 24.6. The van der Waals surface area contributed by atoms with Crippen molar-refractivity contribution in [3.63, 3.8) is 0 Å². The molecule has 0 radical (unpaired) electrons. The number of aliphatic hydroxyl groups is 2. The van der Waals surface area contributed by atoms with Gasteiger partial charge in [-0.05, 0) is 51.4 Å². The van der Waals surface area contributed by atoms with Crippen LogP contribution in [0.5, 0.6) is 0 Å². The Hall–Kier alpha value is -1.40. The van der Waals surface area contributed by atoms with Crippen LogP contribution >= 0.6 is 0 Å². The van der Waals surface area contributed by atoms with Crippen molar-refractivity contribution in [2.45, 2.75) is 431 Å². The Kier molecular flexibility index (Phi) is 67.9. The van der Waals surface area contributed by atoms with E-state index >= 15 is 0 Å². The second-order valence-corrected chi connectivity index (χ2v) is 25.3. The highest BCUT2D eigenvalue weighted by Crippen LogP contribution is 2.19. The van der Waals surface area contributed by atoms with Gasteiger partial charge in [-0.1, -0.05) is 366 Å². The van der Waals surface area contributed by atoms with Crippen molar-refractivity contribution in [2.75, 3.05) is 13.2 Å². The smallest absolute Gasteiger partial charge is 0.305 e. The zero-order chi connectivity index (χ0) is 57.1. The standard InChI is InChI=1S/C73H143NO5/c1-3-5-7-9-11-13-15-17-19-20-21-32-35-38-41-45-49-53-57-61-65-71(76)70(69-75)74-72(77)66-62-58-54-50-46-42-39-36-33-30-28-26-24-22-23-25-27-29-31-34-37-40-44-48-52-56-60-64-68-79-73(78)67-63-59-55-51-47-43-18-16-14-12-10-8-6-4-2/h22-23,70-71,75-76H,3-21,24-69H2,1-2H3,(H,74,77)/b23-22-. The third kappa shape index (κ3) is 65.6. The number of amides is 1. The number of rotatable bonds is 69. The summed E-state index contributed by atoms with van der Waals surface area (Å²) in [6, 6.07) is -0.542. The van der Waals surface area contributed by atoms with Gasteiger partial charge in [-0.2, -0.15) is 0 Å². The van der Waals surface area contributed by atoms with Gasteiger partial charge >= 0.3 is 5.97 Å². The molecule has 1 amide bonds. The van der Waals surface area contributed by atoms with Gasteiger partial charge in [0.25, 0.3) is 0 Å². The van der Waals surface area contributed by atoms with Crippen LogP contribution in [0.2, 0.25) is 0 Å². The van der Waals surface area contributed by atoms with Crippen molar-refractivity contribution in [1.29, 1.82) is 0 Å². The number of hydrogen-bond acceptors (Lipinski definition) is 5. The Morgan fingerprint density at radius 3 is 0.899 bits per heavy atom. The van der Waals surface area contributed by atoms with E-state index in [2.05, 4.69) is 31.3 Å². The maximum Gasteiger partial charge on any atom is 0.305 e. The van der Waals surface area contributed by atoms with E-state index in [1.54, 1.807) is 0 Å². The molecule has 0 aliphatic heterocycles. The Balaban J connectivity index is 3.37. The van der Waals surface area contributed by atoms with Crippen molar-refractivity contribution in [3.05, 3.63) is 12.2 Å². The first-order valence-corrected chi connectivity index (χ1v) is 36.4. The van der Waals surface area contributed by atoms with Crippen molar-refractivity contribution >= 4 is 11.9 Å². The first kappa shape index (κ1) is 77.6. The normalized spacial score (nSPS) is 12.5. The van der Waals surface area contributed by atoms with Gasteiger partial charge in [0.15, 0.2) is 0 Å². The number of carbonyl (C=O) groups excluding carboxylic acids is 2. The molecular formula is C73H143NO5. The average Bonchev–Trinajstić information content (AvgIpc) is 3.45. The molecule has 0 aromatic carbocycles. The number of nitrogens with one attached hydrogen (secondary N) is 1. The maximum absolute atomic E-state index is 12.5. The van der Waals surface area contributed by atoms with Crippen molar-refractivity contribution in [1.82, 2.24) is 5.32 Å². The van der Waals surface area contributed by atoms with Gasteiger partial charge in [0.1, 0.15) is 0 Å². The Morgan fingerprint density at radius 1 is 0.342 bits per heavy atom. The number of esters is 1. The minimum Gasteiger partial charge on any atom is -0.466 e. The number of carbonyl (C=O) groups is 2. The summed E-state index contributed by atoms with van der Waals surface area (Å²) in [5.41, 5.74) is 0. The first-order chi connectivity index (χ1) is 39.0. The average molecular weight is 1110 g/mol. The monoisotopic (exact) mass is 1110 g/mol. The third-order valence-corrected chi connectivity index (χ3v) is 17.3. The lowest BCUT2D eigenvalue weighted by molar-refractivity contribution is -0.143. The van der Waals surface area contributed by atoms with Gasteiger partial charge in [0, 0.05) is 12.8 Å². The van der Waals surface area contributed by atoms with Crippen LogP contribution in [0.1, 0.15) is 418 Å². The summed E-state index contributed by atoms with van der Waals surface area (Å²) in [6.45, 7) is 5.00. The topological polar surface area (TPSA) is 95.9 Å². The predicted octanol–water partition coefficient (Wildman–Crippen LogP) is 23.5. The molecule has 0 aromatic rings. The van der Waals surface area contributed by atoms with E-state index < -0.39 is 12.1 Å². The van der Waals surface area contributed by atoms with Gasteiger partial charge in [0.2, 0.25) is 5.91 Å². The molecule has 0 saturated carbocycles. The van der Waals surface area contributed by atoms with Crippen LogP contribution in [0.4, 0.5) is 0 Å². The molecule has 6 nitrogen and oxygen atoms in total. The molecule has 0 bridgehead atoms. The van der Waals surface area contributed by atoms with E-state index in [0.29, 0.717) is 25.9 Å². The minimum absolute atomic E-state index is 0.0192. The van der Waals surface area contributed by atoms with E-state index in [9.17, 15) is 19.8 Å². The fourth-order valence-corrected chi connectivity index (χ4v) is 11.8. The fraction of sp³-hybridized carbons (Fsp3) is 0.945. The van der Waals surface area contributed by atoms with Crippen LogP contribution in [-0.2, 0) is 14.3 Å². The Bertz CT molecular complexity index is 1190. The molecule has 0 aliphatic carbocycles. The molecule has 2 atom stereocenters. The van der Waals surface area contributed by atoms with Crippen molar-refractivity contribution < 1.29 is 24.5 Å². The summed E-state index contributed by atoms with van der Waals surface area (Å²) >= 11 is 0. The minimum atomic E-state index is -0.664. The number of hydrogen-bond donors (Lipinski definition) is 3. The van der Waals surface area contributed by atoms with E-state index in [1.807, 2.05) is 0 Å². The molecule has 0 heterocycles. The zero-order valence-corrected chi connectivity index (χ0v) is 53.9. The number of ether oxygens (including phenoxy) is 1.